The Hall–Kier alpha value is -2.34. The Bertz CT molecular complexity index is 1140. The third-order valence-corrected chi connectivity index (χ3v) is 6.74. The number of amides is 1. The van der Waals surface area contributed by atoms with Crippen molar-refractivity contribution in [3.05, 3.63) is 88.9 Å². The van der Waals surface area contributed by atoms with Crippen LogP contribution < -0.4 is 4.90 Å². The summed E-state index contributed by atoms with van der Waals surface area (Å²) in [5.41, 5.74) is 2.48. The Labute approximate surface area is 183 Å². The highest BCUT2D eigenvalue weighted by Gasteiger charge is 2.24. The molecule has 1 heterocycles. The second kappa shape index (κ2) is 8.99. The summed E-state index contributed by atoms with van der Waals surface area (Å²) >= 11 is 9.49. The molecule has 0 radical (unpaired) electrons. The fraction of sp³-hybridized carbons (Fsp3) is 0.130. The van der Waals surface area contributed by atoms with Gasteiger partial charge >= 0.3 is 0 Å². The highest BCUT2D eigenvalue weighted by Crippen LogP contribution is 2.35. The maximum Gasteiger partial charge on any atom is 0.261 e. The topological polar surface area (TPSA) is 33.2 Å². The fourth-order valence-corrected chi connectivity index (χ4v) is 5.14. The summed E-state index contributed by atoms with van der Waals surface area (Å²) in [6, 6.07) is 23.4. The lowest BCUT2D eigenvalue weighted by Gasteiger charge is -2.21. The SMILES string of the molecule is CCSc1ccccc1C(=O)N(Cc1ccccc1)c1nc2c(Cl)cccc2s1. The van der Waals surface area contributed by atoms with Gasteiger partial charge in [0, 0.05) is 4.90 Å². The lowest BCUT2D eigenvalue weighted by atomic mass is 10.1. The van der Waals surface area contributed by atoms with Gasteiger partial charge in [-0.1, -0.05) is 78.4 Å². The summed E-state index contributed by atoms with van der Waals surface area (Å²) in [7, 11) is 0. The van der Waals surface area contributed by atoms with Crippen molar-refractivity contribution in [2.24, 2.45) is 0 Å². The van der Waals surface area contributed by atoms with E-state index in [1.165, 1.54) is 11.3 Å². The van der Waals surface area contributed by atoms with Crippen molar-refractivity contribution < 1.29 is 4.79 Å². The number of carbonyl (C=O) groups is 1. The first-order chi connectivity index (χ1) is 14.2. The average molecular weight is 439 g/mol. The van der Waals surface area contributed by atoms with E-state index in [0.717, 1.165) is 26.4 Å². The number of hydrogen-bond donors (Lipinski definition) is 0. The van der Waals surface area contributed by atoms with Crippen LogP contribution in [0.25, 0.3) is 10.2 Å². The molecule has 4 rings (SSSR count). The van der Waals surface area contributed by atoms with Crippen molar-refractivity contribution in [2.75, 3.05) is 10.7 Å². The number of hydrogen-bond acceptors (Lipinski definition) is 4. The van der Waals surface area contributed by atoms with Gasteiger partial charge in [0.1, 0.15) is 5.52 Å². The van der Waals surface area contributed by atoms with Gasteiger partial charge in [0.25, 0.3) is 5.91 Å². The first-order valence-electron chi connectivity index (χ1n) is 9.30. The van der Waals surface area contributed by atoms with Crippen LogP contribution in [0.4, 0.5) is 5.13 Å². The minimum atomic E-state index is -0.0550. The molecule has 0 N–H and O–H groups in total. The van der Waals surface area contributed by atoms with Crippen molar-refractivity contribution in [2.45, 2.75) is 18.4 Å². The standard InChI is InChI=1S/C23H19ClN2OS2/c1-2-28-19-13-7-6-11-17(19)22(27)26(15-16-9-4-3-5-10-16)23-25-21-18(24)12-8-14-20(21)29-23/h3-14H,2,15H2,1H3. The molecule has 0 spiro atoms. The third-order valence-electron chi connectivity index (χ3n) is 4.44. The maximum atomic E-state index is 13.7. The molecule has 0 atom stereocenters. The molecule has 3 nitrogen and oxygen atoms in total. The predicted molar refractivity (Wildman–Crippen MR) is 124 cm³/mol. The van der Waals surface area contributed by atoms with Gasteiger partial charge < -0.3 is 0 Å². The average Bonchev–Trinajstić information content (AvgIpc) is 3.18. The van der Waals surface area contributed by atoms with Crippen molar-refractivity contribution in [3.63, 3.8) is 0 Å². The van der Waals surface area contributed by atoms with Gasteiger partial charge in [-0.25, -0.2) is 4.98 Å². The Morgan fingerprint density at radius 1 is 1.03 bits per heavy atom. The van der Waals surface area contributed by atoms with Crippen LogP contribution in [-0.4, -0.2) is 16.6 Å². The molecule has 146 valence electrons. The van der Waals surface area contributed by atoms with Crippen molar-refractivity contribution >= 4 is 56.0 Å². The van der Waals surface area contributed by atoms with Gasteiger partial charge in [-0.3, -0.25) is 9.69 Å². The van der Waals surface area contributed by atoms with Crippen LogP contribution in [0.3, 0.4) is 0 Å². The normalized spacial score (nSPS) is 11.0. The van der Waals surface area contributed by atoms with Crippen molar-refractivity contribution in [3.8, 4) is 0 Å². The molecule has 0 bridgehead atoms. The molecular formula is C23H19ClN2OS2. The highest BCUT2D eigenvalue weighted by atomic mass is 35.5. The van der Waals surface area contributed by atoms with E-state index >= 15 is 0 Å². The zero-order chi connectivity index (χ0) is 20.2. The lowest BCUT2D eigenvalue weighted by Crippen LogP contribution is -2.30. The van der Waals surface area contributed by atoms with Gasteiger partial charge in [-0.05, 0) is 35.6 Å². The van der Waals surface area contributed by atoms with E-state index in [4.69, 9.17) is 16.6 Å². The first-order valence-corrected chi connectivity index (χ1v) is 11.5. The number of nitrogens with zero attached hydrogens (tertiary/aromatic N) is 2. The molecule has 0 aliphatic carbocycles. The Kier molecular flexibility index (Phi) is 6.19. The van der Waals surface area contributed by atoms with Crippen molar-refractivity contribution in [1.82, 2.24) is 4.98 Å². The summed E-state index contributed by atoms with van der Waals surface area (Å²) in [5, 5.41) is 1.25. The number of halogens is 1. The molecule has 0 saturated carbocycles. The molecule has 29 heavy (non-hydrogen) atoms. The summed E-state index contributed by atoms with van der Waals surface area (Å²) in [5.74, 6) is 0.847. The summed E-state index contributed by atoms with van der Waals surface area (Å²) in [6.45, 7) is 2.53. The van der Waals surface area contributed by atoms with Crippen LogP contribution in [0.5, 0.6) is 0 Å². The second-order valence-corrected chi connectivity index (χ2v) is 9.11. The Balaban J connectivity index is 1.79. The van der Waals surface area contributed by atoms with E-state index in [2.05, 4.69) is 6.92 Å². The number of aromatic nitrogens is 1. The smallest absolute Gasteiger partial charge is 0.261 e. The molecule has 1 amide bonds. The van der Waals surface area contributed by atoms with E-state index < -0.39 is 0 Å². The number of rotatable bonds is 6. The van der Waals surface area contributed by atoms with Gasteiger partial charge in [0.05, 0.1) is 21.8 Å². The van der Waals surface area contributed by atoms with Crippen LogP contribution in [0, 0.1) is 0 Å². The number of anilines is 1. The Morgan fingerprint density at radius 2 is 1.79 bits per heavy atom. The maximum absolute atomic E-state index is 13.7. The zero-order valence-corrected chi connectivity index (χ0v) is 18.2. The molecule has 0 saturated heterocycles. The van der Waals surface area contributed by atoms with Gasteiger partial charge in [0.2, 0.25) is 0 Å². The van der Waals surface area contributed by atoms with E-state index in [1.807, 2.05) is 72.8 Å². The second-order valence-electron chi connectivity index (χ2n) is 6.39. The van der Waals surface area contributed by atoms with Gasteiger partial charge in [0.15, 0.2) is 5.13 Å². The van der Waals surface area contributed by atoms with Crippen LogP contribution >= 0.6 is 34.7 Å². The quantitative estimate of drug-likeness (QED) is 0.306. The number of carbonyl (C=O) groups excluding carboxylic acids is 1. The van der Waals surface area contributed by atoms with Crippen LogP contribution in [0.2, 0.25) is 5.02 Å². The molecule has 0 fully saturated rings. The summed E-state index contributed by atoms with van der Waals surface area (Å²) in [4.78, 5) is 21.1. The van der Waals surface area contributed by atoms with Crippen LogP contribution in [0.15, 0.2) is 77.7 Å². The number of para-hydroxylation sites is 1. The van der Waals surface area contributed by atoms with Gasteiger partial charge in [-0.15, -0.1) is 11.8 Å². The minimum absolute atomic E-state index is 0.0550. The molecule has 3 aromatic carbocycles. The van der Waals surface area contributed by atoms with Crippen LogP contribution in [0.1, 0.15) is 22.8 Å². The van der Waals surface area contributed by atoms with E-state index in [9.17, 15) is 4.79 Å². The first kappa shape index (κ1) is 20.0. The third kappa shape index (κ3) is 4.32. The monoisotopic (exact) mass is 438 g/mol. The highest BCUT2D eigenvalue weighted by molar-refractivity contribution is 7.99. The summed E-state index contributed by atoms with van der Waals surface area (Å²) in [6.07, 6.45) is 0. The molecule has 1 aromatic heterocycles. The predicted octanol–water partition coefficient (Wildman–Crippen LogP) is 6.91. The minimum Gasteiger partial charge on any atom is -0.279 e. The fourth-order valence-electron chi connectivity index (χ4n) is 3.08. The zero-order valence-electron chi connectivity index (χ0n) is 15.8. The number of benzene rings is 3. The molecule has 4 aromatic rings. The van der Waals surface area contributed by atoms with E-state index in [0.29, 0.717) is 22.3 Å². The van der Waals surface area contributed by atoms with Gasteiger partial charge in [-0.2, -0.15) is 0 Å². The van der Waals surface area contributed by atoms with Crippen LogP contribution in [-0.2, 0) is 6.54 Å². The largest absolute Gasteiger partial charge is 0.279 e. The molecule has 0 aliphatic rings. The summed E-state index contributed by atoms with van der Waals surface area (Å²) < 4.78 is 0.967. The van der Waals surface area contributed by atoms with E-state index in [-0.39, 0.29) is 5.91 Å². The number of thiazole rings is 1. The number of fused-ring (bicyclic) bond motifs is 1. The lowest BCUT2D eigenvalue weighted by molar-refractivity contribution is 0.0982. The molecule has 0 aliphatic heterocycles. The Morgan fingerprint density at radius 3 is 2.55 bits per heavy atom. The number of thioether (sulfide) groups is 1. The van der Waals surface area contributed by atoms with Crippen molar-refractivity contribution in [1.29, 1.82) is 0 Å². The van der Waals surface area contributed by atoms with E-state index in [1.54, 1.807) is 16.7 Å². The molecule has 6 heteroatoms. The molecular weight excluding hydrogens is 420 g/mol. The molecule has 0 unspecified atom stereocenters.